The smallest absolute Gasteiger partial charge is 0.129 e. The van der Waals surface area contributed by atoms with Gasteiger partial charge in [0.1, 0.15) is 16.1 Å². The molecule has 3 aromatic heterocycles. The predicted molar refractivity (Wildman–Crippen MR) is 298 cm³/mol. The van der Waals surface area contributed by atoms with Crippen LogP contribution >= 0.6 is 0 Å². The molecule has 4 nitrogen and oxygen atoms in total. The fourth-order valence-electron chi connectivity index (χ4n) is 9.39. The van der Waals surface area contributed by atoms with Crippen molar-refractivity contribution in [3.8, 4) is 67.4 Å². The van der Waals surface area contributed by atoms with Crippen LogP contribution in [0.1, 0.15) is 83.9 Å². The second kappa shape index (κ2) is 17.6. The monoisotopic (exact) mass is 918 g/mol. The summed E-state index contributed by atoms with van der Waals surface area (Å²) in [4.78, 5) is 19.9. The third-order valence-corrected chi connectivity index (χ3v) is 15.5. The number of aromatic amines is 2. The van der Waals surface area contributed by atoms with E-state index in [9.17, 15) is 0 Å². The molecule has 0 spiro atoms. The third kappa shape index (κ3) is 8.49. The van der Waals surface area contributed by atoms with Gasteiger partial charge in [0.15, 0.2) is 0 Å². The summed E-state index contributed by atoms with van der Waals surface area (Å²) in [5.41, 5.74) is 35.2. The van der Waals surface area contributed by atoms with E-state index in [0.29, 0.717) is 0 Å². The number of fused-ring (bicyclic) bond motifs is 8. The van der Waals surface area contributed by atoms with Crippen LogP contribution < -0.4 is 0 Å². The van der Waals surface area contributed by atoms with E-state index in [0.717, 1.165) is 123 Å². The molecule has 8 bridgehead atoms. The van der Waals surface area contributed by atoms with Gasteiger partial charge in [-0.1, -0.05) is 136 Å². The Morgan fingerprint density at radius 2 is 0.588 bits per heavy atom. The van der Waals surface area contributed by atoms with E-state index >= 15 is 0 Å². The van der Waals surface area contributed by atoms with E-state index in [2.05, 4.69) is 237 Å². The maximum Gasteiger partial charge on any atom is 0.129 e. The Morgan fingerprint density at radius 1 is 0.338 bits per heavy atom. The first-order valence-corrected chi connectivity index (χ1v) is 30.9. The molecule has 0 aliphatic carbocycles. The van der Waals surface area contributed by atoms with E-state index < -0.39 is 16.1 Å². The standard InChI is InChI=1S/C62H62N4Si2/c1-37-41(5)59-53(49-29-25-45(26-30-49)33-35-67(9,10)11)60-43(7)39(3)57(65-60)52(48-23-19-16-20-24-48)58-40(4)44(8)62(66-58)54(50-31-27-46(28-32-50)34-36-68(12,13)14)61-42(6)38(2)56(64-61)51(55(37)63-59)47-21-17-15-18-22-47/h15-32,63,66H,1-14H3. The van der Waals surface area contributed by atoms with Crippen LogP contribution in [0.5, 0.6) is 0 Å². The zero-order valence-electron chi connectivity index (χ0n) is 42.3. The van der Waals surface area contributed by atoms with Crippen LogP contribution in [0.4, 0.5) is 0 Å². The molecule has 4 aromatic carbocycles. The maximum atomic E-state index is 5.82. The van der Waals surface area contributed by atoms with Gasteiger partial charge < -0.3 is 9.97 Å². The van der Waals surface area contributed by atoms with Gasteiger partial charge in [-0.05, 0) is 146 Å². The highest BCUT2D eigenvalue weighted by atomic mass is 28.3. The van der Waals surface area contributed by atoms with Crippen molar-refractivity contribution >= 4 is 60.5 Å². The van der Waals surface area contributed by atoms with Gasteiger partial charge in [-0.15, -0.1) is 11.1 Å². The van der Waals surface area contributed by atoms with Crippen LogP contribution in [0.3, 0.4) is 0 Å². The average molecular weight is 919 g/mol. The molecule has 0 atom stereocenters. The summed E-state index contributed by atoms with van der Waals surface area (Å²) in [7, 11) is -3.14. The Labute approximate surface area is 405 Å². The largest absolute Gasteiger partial charge is 0.354 e. The molecule has 2 aliphatic heterocycles. The number of hydrogen-bond acceptors (Lipinski definition) is 2. The lowest BCUT2D eigenvalue weighted by molar-refractivity contribution is 1.28. The maximum absolute atomic E-state index is 5.82. The molecule has 2 aliphatic rings. The highest BCUT2D eigenvalue weighted by Crippen LogP contribution is 2.47. The van der Waals surface area contributed by atoms with Gasteiger partial charge in [-0.25, -0.2) is 9.97 Å². The molecule has 0 radical (unpaired) electrons. The van der Waals surface area contributed by atoms with Crippen LogP contribution in [0.25, 0.3) is 88.9 Å². The minimum atomic E-state index is -1.57. The highest BCUT2D eigenvalue weighted by Gasteiger charge is 2.28. The molecule has 9 rings (SSSR count). The van der Waals surface area contributed by atoms with Gasteiger partial charge in [-0.3, -0.25) is 0 Å². The van der Waals surface area contributed by atoms with Gasteiger partial charge in [0.25, 0.3) is 0 Å². The lowest BCUT2D eigenvalue weighted by Gasteiger charge is -2.09. The van der Waals surface area contributed by atoms with Gasteiger partial charge in [0.2, 0.25) is 0 Å². The molecule has 7 aromatic rings. The molecular weight excluding hydrogens is 857 g/mol. The van der Waals surface area contributed by atoms with Crippen LogP contribution in [-0.4, -0.2) is 36.1 Å². The van der Waals surface area contributed by atoms with Gasteiger partial charge in [-0.2, -0.15) is 0 Å². The van der Waals surface area contributed by atoms with Crippen molar-refractivity contribution in [3.63, 3.8) is 0 Å². The number of aromatic nitrogens is 4. The molecule has 6 heteroatoms. The Morgan fingerprint density at radius 3 is 0.838 bits per heavy atom. The van der Waals surface area contributed by atoms with Crippen LogP contribution in [0, 0.1) is 50.6 Å². The molecule has 0 saturated carbocycles. The first kappa shape index (κ1) is 46.2. The number of allylic oxidation sites excluding steroid dienone is 4. The van der Waals surface area contributed by atoms with Crippen molar-refractivity contribution in [2.75, 3.05) is 0 Å². The number of aryl methyl sites for hydroxylation is 4. The molecule has 0 fully saturated rings. The van der Waals surface area contributed by atoms with Crippen LogP contribution in [0.15, 0.2) is 109 Å². The van der Waals surface area contributed by atoms with E-state index in [1.807, 2.05) is 0 Å². The third-order valence-electron chi connectivity index (χ3n) is 13.7. The SMILES string of the molecule is CC1=C(C)c2nc1c(-c1ccccc1)c1[nH]c(c(C)c1C)c(-c1ccc(C#C[Si](C)(C)C)cc1)c1nc(c(-c3ccccc3)c3[nH]c(c(C)c3C)c2-c2ccc(C#C[Si](C)(C)C)cc2)C(C)=C1C. The van der Waals surface area contributed by atoms with Crippen molar-refractivity contribution < 1.29 is 0 Å². The number of rotatable bonds is 4. The first-order valence-electron chi connectivity index (χ1n) is 23.9. The minimum Gasteiger partial charge on any atom is -0.354 e. The average Bonchev–Trinajstić information content (AvgIpc) is 3.97. The molecular formula is C62H62N4Si2. The van der Waals surface area contributed by atoms with Crippen molar-refractivity contribution in [3.05, 3.63) is 165 Å². The minimum absolute atomic E-state index is 0.961. The molecule has 0 unspecified atom stereocenters. The van der Waals surface area contributed by atoms with E-state index in [1.54, 1.807) is 0 Å². The summed E-state index contributed by atoms with van der Waals surface area (Å²) < 4.78 is 0. The van der Waals surface area contributed by atoms with Crippen LogP contribution in [-0.2, 0) is 0 Å². The number of benzene rings is 4. The number of nitrogens with one attached hydrogen (secondary N) is 2. The summed E-state index contributed by atoms with van der Waals surface area (Å²) in [5.74, 6) is 6.98. The number of H-pyrrole nitrogens is 2. The van der Waals surface area contributed by atoms with E-state index in [1.165, 1.54) is 22.3 Å². The summed E-state index contributed by atoms with van der Waals surface area (Å²) in [6, 6.07) is 39.2. The Kier molecular flexibility index (Phi) is 11.9. The Balaban J connectivity index is 1.53. The van der Waals surface area contributed by atoms with Crippen molar-refractivity contribution in [1.29, 1.82) is 0 Å². The molecule has 338 valence electrons. The molecule has 0 amide bonds. The topological polar surface area (TPSA) is 57.4 Å². The van der Waals surface area contributed by atoms with Crippen LogP contribution in [0.2, 0.25) is 39.3 Å². The summed E-state index contributed by atoms with van der Waals surface area (Å²) in [6.07, 6.45) is 0. The predicted octanol–water partition coefficient (Wildman–Crippen LogP) is 16.6. The second-order valence-electron chi connectivity index (χ2n) is 20.8. The summed E-state index contributed by atoms with van der Waals surface area (Å²) >= 11 is 0. The van der Waals surface area contributed by atoms with Crippen molar-refractivity contribution in [1.82, 2.24) is 19.9 Å². The quantitative estimate of drug-likeness (QED) is 0.137. The number of nitrogens with zero attached hydrogens (tertiary/aromatic N) is 2. The lowest BCUT2D eigenvalue weighted by Crippen LogP contribution is -2.16. The highest BCUT2D eigenvalue weighted by molar-refractivity contribution is 6.84. The molecule has 68 heavy (non-hydrogen) atoms. The van der Waals surface area contributed by atoms with Crippen molar-refractivity contribution in [2.24, 2.45) is 0 Å². The summed E-state index contributed by atoms with van der Waals surface area (Å²) in [6.45, 7) is 31.7. The van der Waals surface area contributed by atoms with Gasteiger partial charge in [0.05, 0.1) is 44.8 Å². The Bertz CT molecular complexity index is 3320. The summed E-state index contributed by atoms with van der Waals surface area (Å²) in [5, 5.41) is 0. The van der Waals surface area contributed by atoms with E-state index in [4.69, 9.17) is 9.97 Å². The first-order chi connectivity index (χ1) is 32.3. The Hall–Kier alpha value is -6.97. The zero-order valence-corrected chi connectivity index (χ0v) is 44.3. The molecule has 5 heterocycles. The fourth-order valence-corrected chi connectivity index (χ4v) is 10.4. The fraction of sp³-hybridized carbons (Fsp3) is 0.226. The van der Waals surface area contributed by atoms with Crippen molar-refractivity contribution in [2.45, 2.75) is 94.7 Å². The van der Waals surface area contributed by atoms with E-state index in [-0.39, 0.29) is 0 Å². The number of hydrogen-bond donors (Lipinski definition) is 2. The lowest BCUT2D eigenvalue weighted by atomic mass is 9.94. The normalized spacial score (nSPS) is 12.8. The van der Waals surface area contributed by atoms with Gasteiger partial charge >= 0.3 is 0 Å². The molecule has 2 N–H and O–H groups in total. The molecule has 0 saturated heterocycles. The van der Waals surface area contributed by atoms with Gasteiger partial charge in [0, 0.05) is 33.4 Å². The zero-order chi connectivity index (χ0) is 48.4. The second-order valence-corrected chi connectivity index (χ2v) is 30.3.